The van der Waals surface area contributed by atoms with Crippen molar-refractivity contribution < 1.29 is 9.90 Å². The van der Waals surface area contributed by atoms with E-state index in [2.05, 4.69) is 36.4 Å². The van der Waals surface area contributed by atoms with Gasteiger partial charge in [-0.25, -0.2) is 4.98 Å². The molecule has 1 aromatic heterocycles. The summed E-state index contributed by atoms with van der Waals surface area (Å²) in [6.07, 6.45) is 1.37. The van der Waals surface area contributed by atoms with Gasteiger partial charge in [-0.3, -0.25) is 9.89 Å². The molecule has 0 saturated heterocycles. The van der Waals surface area contributed by atoms with E-state index in [1.165, 1.54) is 12.4 Å². The SMILES string of the molecule is CC(NC(=O)c1ccc(Br)cc1O)c1ncn[nH]1. The minimum atomic E-state index is -0.371. The van der Waals surface area contributed by atoms with Crippen molar-refractivity contribution >= 4 is 21.8 Å². The van der Waals surface area contributed by atoms with E-state index in [1.54, 1.807) is 19.1 Å². The molecule has 1 atom stereocenters. The number of aromatic nitrogens is 3. The number of nitrogens with zero attached hydrogens (tertiary/aromatic N) is 2. The lowest BCUT2D eigenvalue weighted by Gasteiger charge is -2.11. The summed E-state index contributed by atoms with van der Waals surface area (Å²) in [5.41, 5.74) is 0.213. The topological polar surface area (TPSA) is 90.9 Å². The fourth-order valence-corrected chi connectivity index (χ4v) is 1.81. The van der Waals surface area contributed by atoms with Gasteiger partial charge in [-0.1, -0.05) is 15.9 Å². The van der Waals surface area contributed by atoms with Crippen LogP contribution in [0.1, 0.15) is 29.1 Å². The van der Waals surface area contributed by atoms with Crippen LogP contribution in [0.25, 0.3) is 0 Å². The number of aromatic hydroxyl groups is 1. The van der Waals surface area contributed by atoms with E-state index in [1.807, 2.05) is 0 Å². The van der Waals surface area contributed by atoms with Crippen LogP contribution in [0.3, 0.4) is 0 Å². The second kappa shape index (κ2) is 5.18. The minimum Gasteiger partial charge on any atom is -0.507 e. The van der Waals surface area contributed by atoms with Gasteiger partial charge in [-0.15, -0.1) is 0 Å². The average molecular weight is 311 g/mol. The van der Waals surface area contributed by atoms with Crippen molar-refractivity contribution in [2.24, 2.45) is 0 Å². The van der Waals surface area contributed by atoms with Gasteiger partial charge in [0.2, 0.25) is 0 Å². The molecular formula is C11H11BrN4O2. The number of phenols is 1. The third kappa shape index (κ3) is 2.67. The number of rotatable bonds is 3. The summed E-state index contributed by atoms with van der Waals surface area (Å²) in [6.45, 7) is 1.77. The third-order valence-electron chi connectivity index (χ3n) is 2.40. The molecule has 1 heterocycles. The standard InChI is InChI=1S/C11H11BrN4O2/c1-6(10-13-5-14-16-10)15-11(18)8-3-2-7(12)4-9(8)17/h2-6,17H,1H3,(H,15,18)(H,13,14,16). The van der Waals surface area contributed by atoms with Crippen LogP contribution in [0.15, 0.2) is 29.0 Å². The molecule has 6 nitrogen and oxygen atoms in total. The van der Waals surface area contributed by atoms with Crippen molar-refractivity contribution in [3.8, 4) is 5.75 Å². The first-order valence-electron chi connectivity index (χ1n) is 5.22. The lowest BCUT2D eigenvalue weighted by molar-refractivity contribution is 0.0935. The first-order chi connectivity index (χ1) is 8.58. The van der Waals surface area contributed by atoms with Crippen LogP contribution >= 0.6 is 15.9 Å². The van der Waals surface area contributed by atoms with E-state index >= 15 is 0 Å². The van der Waals surface area contributed by atoms with Crippen LogP contribution in [-0.4, -0.2) is 26.2 Å². The molecule has 0 aliphatic rings. The highest BCUT2D eigenvalue weighted by atomic mass is 79.9. The predicted molar refractivity (Wildman–Crippen MR) is 68.1 cm³/mol. The second-order valence-corrected chi connectivity index (χ2v) is 4.64. The molecule has 0 aliphatic heterocycles. The van der Waals surface area contributed by atoms with Crippen LogP contribution in [0.5, 0.6) is 5.75 Å². The zero-order chi connectivity index (χ0) is 13.1. The fourth-order valence-electron chi connectivity index (χ4n) is 1.46. The Labute approximate surface area is 112 Å². The van der Waals surface area contributed by atoms with Gasteiger partial charge in [0.1, 0.15) is 17.9 Å². The molecule has 0 fully saturated rings. The molecule has 0 spiro atoms. The largest absolute Gasteiger partial charge is 0.507 e. The van der Waals surface area contributed by atoms with Gasteiger partial charge < -0.3 is 10.4 Å². The Kier molecular flexibility index (Phi) is 3.61. The van der Waals surface area contributed by atoms with E-state index in [0.717, 1.165) is 0 Å². The molecule has 2 rings (SSSR count). The van der Waals surface area contributed by atoms with Gasteiger partial charge in [-0.2, -0.15) is 5.10 Å². The van der Waals surface area contributed by atoms with Crippen molar-refractivity contribution in [1.82, 2.24) is 20.5 Å². The number of carbonyl (C=O) groups is 1. The number of phenolic OH excluding ortho intramolecular Hbond substituents is 1. The quantitative estimate of drug-likeness (QED) is 0.805. The molecule has 0 aliphatic carbocycles. The summed E-state index contributed by atoms with van der Waals surface area (Å²) in [4.78, 5) is 15.9. The van der Waals surface area contributed by atoms with E-state index in [-0.39, 0.29) is 23.3 Å². The van der Waals surface area contributed by atoms with Crippen LogP contribution in [-0.2, 0) is 0 Å². The molecular weight excluding hydrogens is 300 g/mol. The Hall–Kier alpha value is -1.89. The molecule has 1 unspecified atom stereocenters. The Morgan fingerprint density at radius 1 is 1.56 bits per heavy atom. The maximum atomic E-state index is 11.9. The Morgan fingerprint density at radius 3 is 2.94 bits per heavy atom. The summed E-state index contributed by atoms with van der Waals surface area (Å²) in [5, 5.41) is 18.8. The van der Waals surface area contributed by atoms with Gasteiger partial charge in [-0.05, 0) is 25.1 Å². The van der Waals surface area contributed by atoms with Gasteiger partial charge >= 0.3 is 0 Å². The maximum Gasteiger partial charge on any atom is 0.255 e. The van der Waals surface area contributed by atoms with Crippen molar-refractivity contribution in [3.05, 3.63) is 40.4 Å². The number of nitrogens with one attached hydrogen (secondary N) is 2. The molecule has 7 heteroatoms. The molecule has 18 heavy (non-hydrogen) atoms. The fraction of sp³-hybridized carbons (Fsp3) is 0.182. The predicted octanol–water partition coefficient (Wildman–Crippen LogP) is 1.76. The van der Waals surface area contributed by atoms with E-state index < -0.39 is 0 Å². The van der Waals surface area contributed by atoms with E-state index in [9.17, 15) is 9.90 Å². The highest BCUT2D eigenvalue weighted by molar-refractivity contribution is 9.10. The van der Waals surface area contributed by atoms with Crippen LogP contribution in [0.4, 0.5) is 0 Å². The summed E-state index contributed by atoms with van der Waals surface area (Å²) in [6, 6.07) is 4.38. The summed E-state index contributed by atoms with van der Waals surface area (Å²) < 4.78 is 0.708. The average Bonchev–Trinajstić information content (AvgIpc) is 2.81. The van der Waals surface area contributed by atoms with Crippen molar-refractivity contribution in [2.45, 2.75) is 13.0 Å². The smallest absolute Gasteiger partial charge is 0.255 e. The number of H-pyrrole nitrogens is 1. The summed E-state index contributed by atoms with van der Waals surface area (Å²) in [5.74, 6) is 0.107. The van der Waals surface area contributed by atoms with Gasteiger partial charge in [0.15, 0.2) is 0 Å². The minimum absolute atomic E-state index is 0.0772. The molecule has 2 aromatic rings. The molecule has 1 amide bonds. The Bertz CT molecular complexity index is 556. The van der Waals surface area contributed by atoms with Crippen molar-refractivity contribution in [1.29, 1.82) is 0 Å². The second-order valence-electron chi connectivity index (χ2n) is 3.73. The Balaban J connectivity index is 2.12. The summed E-state index contributed by atoms with van der Waals surface area (Å²) in [7, 11) is 0. The van der Waals surface area contributed by atoms with Gasteiger partial charge in [0.25, 0.3) is 5.91 Å². The molecule has 94 valence electrons. The van der Waals surface area contributed by atoms with Gasteiger partial charge in [0, 0.05) is 4.47 Å². The molecule has 0 bridgehead atoms. The molecule has 0 saturated carbocycles. The van der Waals surface area contributed by atoms with Crippen LogP contribution < -0.4 is 5.32 Å². The monoisotopic (exact) mass is 310 g/mol. The maximum absolute atomic E-state index is 11.9. The van der Waals surface area contributed by atoms with Crippen LogP contribution in [0.2, 0.25) is 0 Å². The molecule has 3 N–H and O–H groups in total. The first kappa shape index (κ1) is 12.6. The molecule has 0 radical (unpaired) electrons. The molecule has 1 aromatic carbocycles. The number of benzene rings is 1. The normalized spacial score (nSPS) is 12.1. The number of hydrogen-bond acceptors (Lipinski definition) is 4. The van der Waals surface area contributed by atoms with Gasteiger partial charge in [0.05, 0.1) is 11.6 Å². The number of hydrogen-bond donors (Lipinski definition) is 3. The van der Waals surface area contributed by atoms with Crippen LogP contribution in [0, 0.1) is 0 Å². The van der Waals surface area contributed by atoms with E-state index in [4.69, 9.17) is 0 Å². The summed E-state index contributed by atoms with van der Waals surface area (Å²) >= 11 is 3.21. The zero-order valence-corrected chi connectivity index (χ0v) is 11.1. The first-order valence-corrected chi connectivity index (χ1v) is 6.02. The number of amides is 1. The van der Waals surface area contributed by atoms with Crippen molar-refractivity contribution in [2.75, 3.05) is 0 Å². The number of carbonyl (C=O) groups excluding carboxylic acids is 1. The van der Waals surface area contributed by atoms with Crippen molar-refractivity contribution in [3.63, 3.8) is 0 Å². The van der Waals surface area contributed by atoms with E-state index in [0.29, 0.717) is 10.3 Å². The Morgan fingerprint density at radius 2 is 2.33 bits per heavy atom. The lowest BCUT2D eigenvalue weighted by Crippen LogP contribution is -2.27. The number of aromatic amines is 1. The zero-order valence-electron chi connectivity index (χ0n) is 9.51. The highest BCUT2D eigenvalue weighted by Crippen LogP contribution is 2.22. The number of halogens is 1. The lowest BCUT2D eigenvalue weighted by atomic mass is 10.1. The highest BCUT2D eigenvalue weighted by Gasteiger charge is 2.16. The third-order valence-corrected chi connectivity index (χ3v) is 2.89.